The van der Waals surface area contributed by atoms with Crippen LogP contribution < -0.4 is 5.56 Å². The Labute approximate surface area is 153 Å². The molecule has 1 aliphatic carbocycles. The van der Waals surface area contributed by atoms with Crippen molar-refractivity contribution in [2.75, 3.05) is 13.1 Å². The normalized spacial score (nSPS) is 19.5. The first kappa shape index (κ1) is 18.1. The summed E-state index contributed by atoms with van der Waals surface area (Å²) >= 11 is 0. The quantitative estimate of drug-likeness (QED) is 0.792. The van der Waals surface area contributed by atoms with E-state index in [4.69, 9.17) is 0 Å². The van der Waals surface area contributed by atoms with E-state index in [-0.39, 0.29) is 5.92 Å². The molecule has 7 nitrogen and oxygen atoms in total. The van der Waals surface area contributed by atoms with Crippen LogP contribution in [0.1, 0.15) is 43.2 Å². The van der Waals surface area contributed by atoms with E-state index < -0.39 is 17.4 Å². The molecule has 0 radical (unpaired) electrons. The summed E-state index contributed by atoms with van der Waals surface area (Å²) in [6.45, 7) is 2.89. The Hall–Kier alpha value is -2.23. The lowest BCUT2D eigenvalue weighted by atomic mass is 9.96. The van der Waals surface area contributed by atoms with Crippen molar-refractivity contribution in [3.8, 4) is 0 Å². The first-order valence-corrected chi connectivity index (χ1v) is 9.14. The maximum Gasteiger partial charge on any atom is 0.433 e. The summed E-state index contributed by atoms with van der Waals surface area (Å²) in [7, 11) is 0. The van der Waals surface area contributed by atoms with E-state index in [1.54, 1.807) is 6.33 Å². The van der Waals surface area contributed by atoms with Crippen LogP contribution in [0.15, 0.2) is 23.5 Å². The lowest BCUT2D eigenvalue weighted by Gasteiger charge is -2.31. The molecule has 0 N–H and O–H groups in total. The molecule has 0 spiro atoms. The van der Waals surface area contributed by atoms with Gasteiger partial charge in [0, 0.05) is 18.7 Å². The van der Waals surface area contributed by atoms with Gasteiger partial charge in [0.05, 0.1) is 12.9 Å². The average Bonchev–Trinajstić information content (AvgIpc) is 3.37. The number of halogens is 3. The maximum absolute atomic E-state index is 12.6. The summed E-state index contributed by atoms with van der Waals surface area (Å²) in [6.07, 6.45) is 2.34. The third-order valence-corrected chi connectivity index (χ3v) is 5.28. The monoisotopic (exact) mass is 382 g/mol. The Bertz CT molecular complexity index is 849. The van der Waals surface area contributed by atoms with Crippen molar-refractivity contribution in [3.05, 3.63) is 40.6 Å². The molecule has 0 aromatic carbocycles. The zero-order chi connectivity index (χ0) is 19.0. The van der Waals surface area contributed by atoms with E-state index in [1.807, 2.05) is 0 Å². The second kappa shape index (κ2) is 7.06. The van der Waals surface area contributed by atoms with E-state index in [0.717, 1.165) is 44.6 Å². The third-order valence-electron chi connectivity index (χ3n) is 5.28. The number of nitrogens with zero attached hydrogens (tertiary/aromatic N) is 6. The zero-order valence-electron chi connectivity index (χ0n) is 14.8. The number of hydrogen-bond donors (Lipinski definition) is 0. The minimum Gasteiger partial charge on any atom is -0.313 e. The fourth-order valence-electron chi connectivity index (χ4n) is 3.56. The molecule has 0 unspecified atom stereocenters. The largest absolute Gasteiger partial charge is 0.433 e. The van der Waals surface area contributed by atoms with Crippen molar-refractivity contribution in [3.63, 3.8) is 0 Å². The fraction of sp³-hybridized carbons (Fsp3) is 0.647. The molecule has 27 heavy (non-hydrogen) atoms. The molecule has 1 saturated heterocycles. The zero-order valence-corrected chi connectivity index (χ0v) is 14.8. The molecule has 1 saturated carbocycles. The average molecular weight is 382 g/mol. The number of alkyl halides is 3. The van der Waals surface area contributed by atoms with Crippen LogP contribution in [0.4, 0.5) is 13.2 Å². The van der Waals surface area contributed by atoms with Crippen molar-refractivity contribution in [2.45, 2.75) is 51.0 Å². The first-order valence-electron chi connectivity index (χ1n) is 9.14. The molecule has 4 rings (SSSR count). The van der Waals surface area contributed by atoms with Gasteiger partial charge in [-0.25, -0.2) is 4.98 Å². The van der Waals surface area contributed by atoms with Crippen molar-refractivity contribution in [1.82, 2.24) is 29.2 Å². The Morgan fingerprint density at radius 3 is 2.48 bits per heavy atom. The standard InChI is InChI=1S/C17H21F3N6O/c18-17(19,20)14-7-16(27)25(10-21-14)8-12-3-5-24(6-4-12)9-15-23-22-11-26(15)13-1-2-13/h7,10-13H,1-6,8-9H2. The van der Waals surface area contributed by atoms with Crippen LogP contribution in [0.2, 0.25) is 0 Å². The number of aromatic nitrogens is 5. The van der Waals surface area contributed by atoms with Gasteiger partial charge >= 0.3 is 6.18 Å². The number of hydrogen-bond acceptors (Lipinski definition) is 5. The van der Waals surface area contributed by atoms with Gasteiger partial charge < -0.3 is 4.57 Å². The van der Waals surface area contributed by atoms with Crippen LogP contribution in [0.5, 0.6) is 0 Å². The van der Waals surface area contributed by atoms with Crippen LogP contribution in [-0.4, -0.2) is 42.3 Å². The molecule has 0 amide bonds. The van der Waals surface area contributed by atoms with Crippen LogP contribution in [-0.2, 0) is 19.3 Å². The van der Waals surface area contributed by atoms with Crippen LogP contribution in [0.25, 0.3) is 0 Å². The SMILES string of the molecule is O=c1cc(C(F)(F)F)ncn1CC1CCN(Cc2nncn2C2CC2)CC1. The highest BCUT2D eigenvalue weighted by Crippen LogP contribution is 2.35. The molecule has 10 heteroatoms. The Kier molecular flexibility index (Phi) is 4.75. The van der Waals surface area contributed by atoms with E-state index in [2.05, 4.69) is 24.6 Å². The number of piperidine rings is 1. The van der Waals surface area contributed by atoms with Crippen molar-refractivity contribution in [2.24, 2.45) is 5.92 Å². The molecular weight excluding hydrogens is 361 g/mol. The van der Waals surface area contributed by atoms with Gasteiger partial charge in [0.15, 0.2) is 5.69 Å². The summed E-state index contributed by atoms with van der Waals surface area (Å²) in [5, 5.41) is 8.24. The van der Waals surface area contributed by atoms with Gasteiger partial charge in [0.2, 0.25) is 0 Å². The van der Waals surface area contributed by atoms with Gasteiger partial charge in [-0.05, 0) is 44.7 Å². The molecule has 0 bridgehead atoms. The topological polar surface area (TPSA) is 68.8 Å². The summed E-state index contributed by atoms with van der Waals surface area (Å²) in [5.74, 6) is 1.23. The summed E-state index contributed by atoms with van der Waals surface area (Å²) < 4.78 is 41.3. The second-order valence-electron chi connectivity index (χ2n) is 7.37. The molecule has 2 aliphatic rings. The Morgan fingerprint density at radius 1 is 1.11 bits per heavy atom. The second-order valence-corrected chi connectivity index (χ2v) is 7.37. The van der Waals surface area contributed by atoms with Gasteiger partial charge in [-0.2, -0.15) is 13.2 Å². The molecule has 3 heterocycles. The molecule has 0 atom stereocenters. The van der Waals surface area contributed by atoms with E-state index in [9.17, 15) is 18.0 Å². The van der Waals surface area contributed by atoms with E-state index in [0.29, 0.717) is 18.7 Å². The minimum absolute atomic E-state index is 0.249. The Balaban J connectivity index is 1.32. The smallest absolute Gasteiger partial charge is 0.313 e. The lowest BCUT2D eigenvalue weighted by Crippen LogP contribution is -2.36. The first-order chi connectivity index (χ1) is 12.9. The summed E-state index contributed by atoms with van der Waals surface area (Å²) in [5.41, 5.74) is -1.80. The van der Waals surface area contributed by atoms with Crippen LogP contribution in [0, 0.1) is 5.92 Å². The predicted molar refractivity (Wildman–Crippen MR) is 89.8 cm³/mol. The Morgan fingerprint density at radius 2 is 1.85 bits per heavy atom. The van der Waals surface area contributed by atoms with Gasteiger partial charge in [-0.15, -0.1) is 10.2 Å². The van der Waals surface area contributed by atoms with Gasteiger partial charge in [-0.1, -0.05) is 0 Å². The summed E-state index contributed by atoms with van der Waals surface area (Å²) in [6, 6.07) is 1.12. The number of likely N-dealkylation sites (tertiary alicyclic amines) is 1. The van der Waals surface area contributed by atoms with Gasteiger partial charge in [0.25, 0.3) is 5.56 Å². The van der Waals surface area contributed by atoms with E-state index in [1.165, 1.54) is 17.4 Å². The predicted octanol–water partition coefficient (Wildman–Crippen LogP) is 2.10. The van der Waals surface area contributed by atoms with Gasteiger partial charge in [-0.3, -0.25) is 14.3 Å². The van der Waals surface area contributed by atoms with Crippen molar-refractivity contribution in [1.29, 1.82) is 0 Å². The molecule has 2 aromatic rings. The third kappa shape index (κ3) is 4.20. The van der Waals surface area contributed by atoms with Crippen molar-refractivity contribution < 1.29 is 13.2 Å². The maximum atomic E-state index is 12.6. The molecule has 146 valence electrons. The minimum atomic E-state index is -4.59. The highest BCUT2D eigenvalue weighted by Gasteiger charge is 2.33. The molecular formula is C17H21F3N6O. The lowest BCUT2D eigenvalue weighted by molar-refractivity contribution is -0.141. The van der Waals surface area contributed by atoms with Gasteiger partial charge in [0.1, 0.15) is 12.2 Å². The number of rotatable bonds is 5. The highest BCUT2D eigenvalue weighted by atomic mass is 19.4. The van der Waals surface area contributed by atoms with Crippen molar-refractivity contribution >= 4 is 0 Å². The van der Waals surface area contributed by atoms with Crippen LogP contribution in [0.3, 0.4) is 0 Å². The molecule has 2 fully saturated rings. The molecule has 2 aromatic heterocycles. The van der Waals surface area contributed by atoms with E-state index >= 15 is 0 Å². The summed E-state index contributed by atoms with van der Waals surface area (Å²) in [4.78, 5) is 17.6. The van der Waals surface area contributed by atoms with Crippen LogP contribution >= 0.6 is 0 Å². The fourth-order valence-corrected chi connectivity index (χ4v) is 3.56. The highest BCUT2D eigenvalue weighted by molar-refractivity contribution is 5.03. The molecule has 1 aliphatic heterocycles.